The van der Waals surface area contributed by atoms with Crippen molar-refractivity contribution in [2.24, 2.45) is 0 Å². The summed E-state index contributed by atoms with van der Waals surface area (Å²) in [6.07, 6.45) is 1.43. The number of pyridine rings is 1. The van der Waals surface area contributed by atoms with Crippen molar-refractivity contribution in [3.05, 3.63) is 64.4 Å². The SMILES string of the molecule is O=C(NCCOC(=O)c1c(F)cccc1F)c1cccnc1Cl. The number of aromatic nitrogens is 1. The maximum atomic E-state index is 13.4. The van der Waals surface area contributed by atoms with E-state index >= 15 is 0 Å². The van der Waals surface area contributed by atoms with E-state index in [-0.39, 0.29) is 23.9 Å². The van der Waals surface area contributed by atoms with Crippen molar-refractivity contribution in [3.63, 3.8) is 0 Å². The van der Waals surface area contributed by atoms with Gasteiger partial charge in [0.05, 0.1) is 12.1 Å². The van der Waals surface area contributed by atoms with Crippen molar-refractivity contribution < 1.29 is 23.1 Å². The van der Waals surface area contributed by atoms with E-state index in [2.05, 4.69) is 10.3 Å². The summed E-state index contributed by atoms with van der Waals surface area (Å²) in [5, 5.41) is 2.49. The van der Waals surface area contributed by atoms with Crippen LogP contribution in [0.25, 0.3) is 0 Å². The second-order valence-electron chi connectivity index (χ2n) is 4.33. The lowest BCUT2D eigenvalue weighted by atomic mass is 10.2. The number of halogens is 3. The summed E-state index contributed by atoms with van der Waals surface area (Å²) >= 11 is 5.76. The molecule has 1 N–H and O–H groups in total. The number of rotatable bonds is 5. The molecule has 1 aromatic heterocycles. The predicted molar refractivity (Wildman–Crippen MR) is 78.2 cm³/mol. The smallest absolute Gasteiger partial charge is 0.344 e. The molecule has 0 fully saturated rings. The molecule has 1 amide bonds. The largest absolute Gasteiger partial charge is 0.460 e. The van der Waals surface area contributed by atoms with Crippen LogP contribution in [0.1, 0.15) is 20.7 Å². The number of nitrogens with zero attached hydrogens (tertiary/aromatic N) is 1. The lowest BCUT2D eigenvalue weighted by molar-refractivity contribution is 0.0492. The fraction of sp³-hybridized carbons (Fsp3) is 0.133. The minimum atomic E-state index is -1.14. The first-order valence-electron chi connectivity index (χ1n) is 6.50. The van der Waals surface area contributed by atoms with E-state index in [1.807, 2.05) is 0 Å². The van der Waals surface area contributed by atoms with Gasteiger partial charge in [0.25, 0.3) is 5.91 Å². The highest BCUT2D eigenvalue weighted by atomic mass is 35.5. The molecule has 1 aromatic carbocycles. The fourth-order valence-corrected chi connectivity index (χ4v) is 1.93. The average Bonchev–Trinajstić information content (AvgIpc) is 2.51. The van der Waals surface area contributed by atoms with Crippen LogP contribution in [0.15, 0.2) is 36.5 Å². The monoisotopic (exact) mass is 340 g/mol. The van der Waals surface area contributed by atoms with Gasteiger partial charge in [-0.25, -0.2) is 18.6 Å². The number of carbonyl (C=O) groups is 2. The first-order chi connectivity index (χ1) is 11.0. The molecular formula is C15H11ClF2N2O3. The van der Waals surface area contributed by atoms with Crippen LogP contribution in [0.2, 0.25) is 5.15 Å². The molecule has 0 spiro atoms. The van der Waals surface area contributed by atoms with Crippen molar-refractivity contribution in [1.29, 1.82) is 0 Å². The molecule has 2 aromatic rings. The number of carbonyl (C=O) groups excluding carboxylic acids is 2. The van der Waals surface area contributed by atoms with Crippen molar-refractivity contribution >= 4 is 23.5 Å². The van der Waals surface area contributed by atoms with Gasteiger partial charge in [-0.3, -0.25) is 4.79 Å². The quantitative estimate of drug-likeness (QED) is 0.516. The van der Waals surface area contributed by atoms with Gasteiger partial charge in [-0.2, -0.15) is 0 Å². The standard InChI is InChI=1S/C15H11ClF2N2O3/c16-13-9(3-2-6-19-13)14(21)20-7-8-23-15(22)12-10(17)4-1-5-11(12)18/h1-6H,7-8H2,(H,20,21). The van der Waals surface area contributed by atoms with E-state index < -0.39 is 29.1 Å². The summed E-state index contributed by atoms with van der Waals surface area (Å²) in [7, 11) is 0. The highest BCUT2D eigenvalue weighted by molar-refractivity contribution is 6.32. The van der Waals surface area contributed by atoms with E-state index in [0.717, 1.165) is 18.2 Å². The molecule has 120 valence electrons. The number of benzene rings is 1. The van der Waals surface area contributed by atoms with E-state index in [0.29, 0.717) is 0 Å². The van der Waals surface area contributed by atoms with Gasteiger partial charge < -0.3 is 10.1 Å². The first-order valence-corrected chi connectivity index (χ1v) is 6.88. The van der Waals surface area contributed by atoms with Crippen LogP contribution >= 0.6 is 11.6 Å². The van der Waals surface area contributed by atoms with Crippen molar-refractivity contribution in [1.82, 2.24) is 10.3 Å². The Morgan fingerprint density at radius 1 is 1.17 bits per heavy atom. The number of hydrogen-bond donors (Lipinski definition) is 1. The van der Waals surface area contributed by atoms with Crippen LogP contribution < -0.4 is 5.32 Å². The molecule has 0 aliphatic carbocycles. The van der Waals surface area contributed by atoms with E-state index in [1.165, 1.54) is 12.3 Å². The molecule has 0 bridgehead atoms. The van der Waals surface area contributed by atoms with Gasteiger partial charge in [-0.05, 0) is 24.3 Å². The molecular weight excluding hydrogens is 330 g/mol. The summed E-state index contributed by atoms with van der Waals surface area (Å²) in [5.41, 5.74) is -0.602. The minimum Gasteiger partial charge on any atom is -0.460 e. The Hall–Kier alpha value is -2.54. The zero-order chi connectivity index (χ0) is 16.8. The first kappa shape index (κ1) is 16.8. The Labute approximate surface area is 135 Å². The zero-order valence-corrected chi connectivity index (χ0v) is 12.4. The Kier molecular flexibility index (Phi) is 5.59. The van der Waals surface area contributed by atoms with Gasteiger partial charge in [0.1, 0.15) is 29.0 Å². The molecule has 1 heterocycles. The Bertz CT molecular complexity index is 720. The van der Waals surface area contributed by atoms with Gasteiger partial charge in [0.15, 0.2) is 0 Å². The third kappa shape index (κ3) is 4.23. The molecule has 8 heteroatoms. The predicted octanol–water partition coefficient (Wildman–Crippen LogP) is 2.60. The maximum absolute atomic E-state index is 13.4. The lowest BCUT2D eigenvalue weighted by Gasteiger charge is -2.08. The molecule has 0 saturated carbocycles. The fourth-order valence-electron chi connectivity index (χ4n) is 1.72. The van der Waals surface area contributed by atoms with Gasteiger partial charge in [-0.15, -0.1) is 0 Å². The molecule has 0 aliphatic heterocycles. The second kappa shape index (κ2) is 7.64. The molecule has 0 aliphatic rings. The van der Waals surface area contributed by atoms with Crippen LogP contribution in [0.3, 0.4) is 0 Å². The van der Waals surface area contributed by atoms with Gasteiger partial charge in [-0.1, -0.05) is 17.7 Å². The number of hydrogen-bond acceptors (Lipinski definition) is 4. The Balaban J connectivity index is 1.85. The van der Waals surface area contributed by atoms with Crippen molar-refractivity contribution in [3.8, 4) is 0 Å². The molecule has 2 rings (SSSR count). The van der Waals surface area contributed by atoms with Crippen LogP contribution in [-0.2, 0) is 4.74 Å². The molecule has 0 atom stereocenters. The third-order valence-electron chi connectivity index (χ3n) is 2.79. The van der Waals surface area contributed by atoms with E-state index in [9.17, 15) is 18.4 Å². The summed E-state index contributed by atoms with van der Waals surface area (Å²) in [6.45, 7) is -0.303. The van der Waals surface area contributed by atoms with Crippen LogP contribution in [0.5, 0.6) is 0 Å². The Morgan fingerprint density at radius 2 is 1.87 bits per heavy atom. The van der Waals surface area contributed by atoms with Crippen LogP contribution in [0.4, 0.5) is 8.78 Å². The normalized spacial score (nSPS) is 10.2. The second-order valence-corrected chi connectivity index (χ2v) is 4.69. The summed E-state index contributed by atoms with van der Waals surface area (Å²) in [4.78, 5) is 27.2. The average molecular weight is 341 g/mol. The highest BCUT2D eigenvalue weighted by Gasteiger charge is 2.18. The summed E-state index contributed by atoms with van der Waals surface area (Å²) in [6, 6.07) is 6.06. The molecule has 0 saturated heterocycles. The number of esters is 1. The van der Waals surface area contributed by atoms with Crippen molar-refractivity contribution in [2.45, 2.75) is 0 Å². The minimum absolute atomic E-state index is 0.0374. The zero-order valence-electron chi connectivity index (χ0n) is 11.7. The maximum Gasteiger partial charge on any atom is 0.344 e. The van der Waals surface area contributed by atoms with Crippen LogP contribution in [-0.4, -0.2) is 30.0 Å². The summed E-state index contributed by atoms with van der Waals surface area (Å²) in [5.74, 6) is -3.67. The van der Waals surface area contributed by atoms with Gasteiger partial charge >= 0.3 is 5.97 Å². The third-order valence-corrected chi connectivity index (χ3v) is 3.09. The molecule has 0 unspecified atom stereocenters. The number of amides is 1. The Morgan fingerprint density at radius 3 is 2.52 bits per heavy atom. The number of nitrogens with one attached hydrogen (secondary N) is 1. The number of ether oxygens (including phenoxy) is 1. The van der Waals surface area contributed by atoms with Crippen molar-refractivity contribution in [2.75, 3.05) is 13.2 Å². The summed E-state index contributed by atoms with van der Waals surface area (Å²) < 4.78 is 31.5. The lowest BCUT2D eigenvalue weighted by Crippen LogP contribution is -2.28. The highest BCUT2D eigenvalue weighted by Crippen LogP contribution is 2.13. The topological polar surface area (TPSA) is 68.3 Å². The molecule has 0 radical (unpaired) electrons. The van der Waals surface area contributed by atoms with E-state index in [4.69, 9.17) is 16.3 Å². The van der Waals surface area contributed by atoms with E-state index in [1.54, 1.807) is 6.07 Å². The molecule has 5 nitrogen and oxygen atoms in total. The van der Waals surface area contributed by atoms with Crippen LogP contribution in [0, 0.1) is 11.6 Å². The van der Waals surface area contributed by atoms with Gasteiger partial charge in [0, 0.05) is 6.20 Å². The van der Waals surface area contributed by atoms with Gasteiger partial charge in [0.2, 0.25) is 0 Å². The molecule has 23 heavy (non-hydrogen) atoms.